The van der Waals surface area contributed by atoms with E-state index in [1.807, 2.05) is 13.0 Å². The summed E-state index contributed by atoms with van der Waals surface area (Å²) in [5, 5.41) is 11.5. The Balaban J connectivity index is 3.00. The van der Waals surface area contributed by atoms with Crippen LogP contribution in [0.4, 0.5) is 8.78 Å². The highest BCUT2D eigenvalue weighted by atomic mass is 19.1. The van der Waals surface area contributed by atoms with E-state index in [-0.39, 0.29) is 5.56 Å². The number of benzene rings is 1. The summed E-state index contributed by atoms with van der Waals surface area (Å²) in [5.41, 5.74) is 0.177. The Morgan fingerprint density at radius 3 is 2.71 bits per heavy atom. The molecule has 0 aliphatic carbocycles. The zero-order valence-corrected chi connectivity index (χ0v) is 7.72. The van der Waals surface area contributed by atoms with E-state index < -0.39 is 17.7 Å². The average Bonchev–Trinajstić information content (AvgIpc) is 2.15. The van der Waals surface area contributed by atoms with E-state index in [9.17, 15) is 8.78 Å². The maximum absolute atomic E-state index is 13.2. The third-order valence-electron chi connectivity index (χ3n) is 1.81. The van der Waals surface area contributed by atoms with E-state index in [0.29, 0.717) is 6.54 Å². The molecule has 2 nitrogen and oxygen atoms in total. The van der Waals surface area contributed by atoms with Crippen LogP contribution >= 0.6 is 0 Å². The zero-order valence-electron chi connectivity index (χ0n) is 7.72. The lowest BCUT2D eigenvalue weighted by Crippen LogP contribution is -2.20. The molecule has 0 fully saturated rings. The van der Waals surface area contributed by atoms with Gasteiger partial charge in [0.1, 0.15) is 17.7 Å². The molecule has 0 aliphatic rings. The lowest BCUT2D eigenvalue weighted by Gasteiger charge is -2.10. The van der Waals surface area contributed by atoms with Crippen molar-refractivity contribution >= 4 is 0 Å². The lowest BCUT2D eigenvalue weighted by molar-refractivity contribution is 0.549. The summed E-state index contributed by atoms with van der Waals surface area (Å²) in [4.78, 5) is 0. The van der Waals surface area contributed by atoms with Crippen molar-refractivity contribution in [3.63, 3.8) is 0 Å². The van der Waals surface area contributed by atoms with Crippen molar-refractivity contribution in [3.8, 4) is 6.07 Å². The lowest BCUT2D eigenvalue weighted by atomic mass is 10.1. The molecule has 0 radical (unpaired) electrons. The number of hydrogen-bond acceptors (Lipinski definition) is 2. The van der Waals surface area contributed by atoms with E-state index in [0.717, 1.165) is 12.1 Å². The normalized spacial score (nSPS) is 12.1. The van der Waals surface area contributed by atoms with Gasteiger partial charge in [-0.2, -0.15) is 5.26 Å². The van der Waals surface area contributed by atoms with E-state index in [2.05, 4.69) is 5.32 Å². The number of hydrogen-bond donors (Lipinski definition) is 1. The topological polar surface area (TPSA) is 35.8 Å². The van der Waals surface area contributed by atoms with Crippen molar-refractivity contribution in [2.45, 2.75) is 13.0 Å². The largest absolute Gasteiger partial charge is 0.298 e. The molecule has 0 aliphatic heterocycles. The predicted octanol–water partition coefficient (Wildman–Crippen LogP) is 2.14. The first-order valence-corrected chi connectivity index (χ1v) is 4.27. The van der Waals surface area contributed by atoms with E-state index >= 15 is 0 Å². The van der Waals surface area contributed by atoms with Gasteiger partial charge in [-0.3, -0.25) is 5.32 Å². The van der Waals surface area contributed by atoms with Crippen LogP contribution in [0.1, 0.15) is 18.5 Å². The SMILES string of the molecule is CCNC(C#N)c1ccc(F)cc1F. The van der Waals surface area contributed by atoms with Crippen LogP contribution in [0.3, 0.4) is 0 Å². The van der Waals surface area contributed by atoms with Crippen molar-refractivity contribution in [1.29, 1.82) is 5.26 Å². The van der Waals surface area contributed by atoms with E-state index in [1.54, 1.807) is 0 Å². The molecule has 0 heterocycles. The Labute approximate surface area is 81.2 Å². The second kappa shape index (κ2) is 4.68. The second-order valence-corrected chi connectivity index (χ2v) is 2.79. The highest BCUT2D eigenvalue weighted by molar-refractivity contribution is 5.26. The Bertz CT molecular complexity index is 358. The minimum atomic E-state index is -0.722. The highest BCUT2D eigenvalue weighted by Gasteiger charge is 2.13. The van der Waals surface area contributed by atoms with E-state index in [1.165, 1.54) is 6.07 Å². The molecule has 4 heteroatoms. The molecule has 0 bridgehead atoms. The molecule has 0 saturated carbocycles. The average molecular weight is 196 g/mol. The fourth-order valence-corrected chi connectivity index (χ4v) is 1.16. The first kappa shape index (κ1) is 10.6. The second-order valence-electron chi connectivity index (χ2n) is 2.79. The van der Waals surface area contributed by atoms with Gasteiger partial charge in [0.15, 0.2) is 0 Å². The minimum Gasteiger partial charge on any atom is -0.298 e. The van der Waals surface area contributed by atoms with Crippen LogP contribution in [0, 0.1) is 23.0 Å². The first-order valence-electron chi connectivity index (χ1n) is 4.27. The molecule has 1 N–H and O–H groups in total. The number of rotatable bonds is 3. The van der Waals surface area contributed by atoms with Gasteiger partial charge in [-0.15, -0.1) is 0 Å². The quantitative estimate of drug-likeness (QED) is 0.803. The van der Waals surface area contributed by atoms with Crippen LogP contribution in [-0.4, -0.2) is 6.54 Å². The maximum Gasteiger partial charge on any atom is 0.131 e. The van der Waals surface area contributed by atoms with Crippen LogP contribution in [0.15, 0.2) is 18.2 Å². The van der Waals surface area contributed by atoms with Gasteiger partial charge in [0.25, 0.3) is 0 Å². The summed E-state index contributed by atoms with van der Waals surface area (Å²) in [7, 11) is 0. The summed E-state index contributed by atoms with van der Waals surface area (Å²) in [5.74, 6) is -1.34. The van der Waals surface area contributed by atoms with Crippen molar-refractivity contribution < 1.29 is 8.78 Å². The fourth-order valence-electron chi connectivity index (χ4n) is 1.16. The molecule has 1 unspecified atom stereocenters. The Morgan fingerprint density at radius 2 is 2.21 bits per heavy atom. The van der Waals surface area contributed by atoms with Crippen LogP contribution in [0.2, 0.25) is 0 Å². The smallest absolute Gasteiger partial charge is 0.131 e. The zero-order chi connectivity index (χ0) is 10.6. The summed E-state index contributed by atoms with van der Waals surface area (Å²) in [6.07, 6.45) is 0. The van der Waals surface area contributed by atoms with Gasteiger partial charge in [-0.05, 0) is 12.6 Å². The molecule has 1 aromatic carbocycles. The third-order valence-corrected chi connectivity index (χ3v) is 1.81. The van der Waals surface area contributed by atoms with Crippen molar-refractivity contribution in [3.05, 3.63) is 35.4 Å². The third kappa shape index (κ3) is 2.27. The number of halogens is 2. The number of nitrogens with one attached hydrogen (secondary N) is 1. The van der Waals surface area contributed by atoms with Crippen LogP contribution in [-0.2, 0) is 0 Å². The van der Waals surface area contributed by atoms with Crippen LogP contribution in [0.25, 0.3) is 0 Å². The molecular formula is C10H10F2N2. The molecule has 74 valence electrons. The molecule has 1 rings (SSSR count). The van der Waals surface area contributed by atoms with Crippen molar-refractivity contribution in [2.24, 2.45) is 0 Å². The summed E-state index contributed by atoms with van der Waals surface area (Å²) in [6.45, 7) is 2.36. The standard InChI is InChI=1S/C10H10F2N2/c1-2-14-10(6-13)8-4-3-7(11)5-9(8)12/h3-5,10,14H,2H2,1H3. The first-order chi connectivity index (χ1) is 6.69. The molecule has 0 aromatic heterocycles. The van der Waals surface area contributed by atoms with Gasteiger partial charge < -0.3 is 0 Å². The van der Waals surface area contributed by atoms with Gasteiger partial charge in [0.05, 0.1) is 6.07 Å². The number of nitrogens with zero attached hydrogens (tertiary/aromatic N) is 1. The van der Waals surface area contributed by atoms with Crippen LogP contribution < -0.4 is 5.32 Å². The van der Waals surface area contributed by atoms with Gasteiger partial charge in [-0.25, -0.2) is 8.78 Å². The van der Waals surface area contributed by atoms with Gasteiger partial charge in [0, 0.05) is 11.6 Å². The molecule has 14 heavy (non-hydrogen) atoms. The maximum atomic E-state index is 13.2. The van der Waals surface area contributed by atoms with E-state index in [4.69, 9.17) is 5.26 Å². The molecular weight excluding hydrogens is 186 g/mol. The summed E-state index contributed by atoms with van der Waals surface area (Å²) in [6, 6.07) is 4.38. The molecule has 0 amide bonds. The Kier molecular flexibility index (Phi) is 3.55. The van der Waals surface area contributed by atoms with Crippen molar-refractivity contribution in [1.82, 2.24) is 5.32 Å². The Morgan fingerprint density at radius 1 is 1.50 bits per heavy atom. The van der Waals surface area contributed by atoms with Crippen molar-refractivity contribution in [2.75, 3.05) is 6.54 Å². The molecule has 1 atom stereocenters. The minimum absolute atomic E-state index is 0.177. The van der Waals surface area contributed by atoms with Gasteiger partial charge in [0.2, 0.25) is 0 Å². The fraction of sp³-hybridized carbons (Fsp3) is 0.300. The Hall–Kier alpha value is -1.47. The molecule has 1 aromatic rings. The van der Waals surface area contributed by atoms with Crippen LogP contribution in [0.5, 0.6) is 0 Å². The van der Waals surface area contributed by atoms with Gasteiger partial charge >= 0.3 is 0 Å². The monoisotopic (exact) mass is 196 g/mol. The predicted molar refractivity (Wildman–Crippen MR) is 48.4 cm³/mol. The highest BCUT2D eigenvalue weighted by Crippen LogP contribution is 2.17. The summed E-state index contributed by atoms with van der Waals surface area (Å²) >= 11 is 0. The molecule has 0 spiro atoms. The van der Waals surface area contributed by atoms with Gasteiger partial charge in [-0.1, -0.05) is 13.0 Å². The number of nitriles is 1. The summed E-state index contributed by atoms with van der Waals surface area (Å²) < 4.78 is 25.7. The molecule has 0 saturated heterocycles.